The van der Waals surface area contributed by atoms with Crippen molar-refractivity contribution in [3.63, 3.8) is 0 Å². The minimum absolute atomic E-state index is 0.476. The van der Waals surface area contributed by atoms with Crippen molar-refractivity contribution in [2.45, 2.75) is 12.5 Å². The van der Waals surface area contributed by atoms with Crippen LogP contribution < -0.4 is 10.1 Å². The summed E-state index contributed by atoms with van der Waals surface area (Å²) in [5, 5.41) is 8.09. The lowest BCUT2D eigenvalue weighted by atomic mass is 10.1. The Bertz CT molecular complexity index is 759. The van der Waals surface area contributed by atoms with Crippen molar-refractivity contribution in [1.29, 1.82) is 0 Å². The first-order valence-electron chi connectivity index (χ1n) is 7.98. The minimum Gasteiger partial charge on any atom is -0.457 e. The molecule has 116 valence electrons. The Morgan fingerprint density at radius 2 is 1.74 bits per heavy atom. The topological polar surface area (TPSA) is 39.1 Å². The predicted octanol–water partition coefficient (Wildman–Crippen LogP) is 3.88. The van der Waals surface area contributed by atoms with E-state index in [1.54, 1.807) is 0 Å². The summed E-state index contributed by atoms with van der Waals surface area (Å²) in [6.07, 6.45) is 3.21. The maximum atomic E-state index is 5.82. The minimum atomic E-state index is 0.476. The Kier molecular flexibility index (Phi) is 3.82. The van der Waals surface area contributed by atoms with Gasteiger partial charge in [-0.1, -0.05) is 18.2 Å². The van der Waals surface area contributed by atoms with Gasteiger partial charge in [0.2, 0.25) is 0 Å². The molecule has 0 spiro atoms. The van der Waals surface area contributed by atoms with E-state index in [0.717, 1.165) is 42.3 Å². The number of hydrogen-bond donors (Lipinski definition) is 1. The summed E-state index contributed by atoms with van der Waals surface area (Å²) in [5.41, 5.74) is 2.11. The van der Waals surface area contributed by atoms with Crippen LogP contribution in [-0.2, 0) is 0 Å². The van der Waals surface area contributed by atoms with Gasteiger partial charge < -0.3 is 10.1 Å². The number of benzene rings is 2. The third kappa shape index (κ3) is 3.12. The van der Waals surface area contributed by atoms with Crippen molar-refractivity contribution in [3.8, 4) is 22.8 Å². The summed E-state index contributed by atoms with van der Waals surface area (Å²) in [5.74, 6) is 1.68. The molecule has 1 aliphatic rings. The summed E-state index contributed by atoms with van der Waals surface area (Å²) < 4.78 is 7.89. The predicted molar refractivity (Wildman–Crippen MR) is 90.7 cm³/mol. The Morgan fingerprint density at radius 1 is 0.957 bits per heavy atom. The molecule has 0 amide bonds. The largest absolute Gasteiger partial charge is 0.457 e. The van der Waals surface area contributed by atoms with Gasteiger partial charge in [-0.3, -0.25) is 4.68 Å². The molecule has 1 N–H and O–H groups in total. The quantitative estimate of drug-likeness (QED) is 0.795. The third-order valence-electron chi connectivity index (χ3n) is 4.15. The molecule has 4 rings (SSSR count). The van der Waals surface area contributed by atoms with Crippen molar-refractivity contribution < 1.29 is 4.74 Å². The summed E-state index contributed by atoms with van der Waals surface area (Å²) >= 11 is 0. The van der Waals surface area contributed by atoms with Gasteiger partial charge in [-0.25, -0.2) is 0 Å². The fraction of sp³-hybridized carbons (Fsp3) is 0.211. The van der Waals surface area contributed by atoms with E-state index in [-0.39, 0.29) is 0 Å². The maximum absolute atomic E-state index is 5.82. The molecule has 0 saturated carbocycles. The number of nitrogens with one attached hydrogen (secondary N) is 1. The number of para-hydroxylation sites is 1. The van der Waals surface area contributed by atoms with Gasteiger partial charge in [-0.2, -0.15) is 5.10 Å². The van der Waals surface area contributed by atoms with Gasteiger partial charge in [0.15, 0.2) is 0 Å². The summed E-state index contributed by atoms with van der Waals surface area (Å²) in [6.45, 7) is 2.08. The van der Waals surface area contributed by atoms with Gasteiger partial charge in [0, 0.05) is 18.3 Å². The molecule has 23 heavy (non-hydrogen) atoms. The lowest BCUT2D eigenvalue weighted by molar-refractivity contribution is 0.482. The number of ether oxygens (including phenoxy) is 1. The van der Waals surface area contributed by atoms with Gasteiger partial charge in [0.25, 0.3) is 0 Å². The molecule has 0 aliphatic carbocycles. The van der Waals surface area contributed by atoms with E-state index in [1.807, 2.05) is 42.5 Å². The van der Waals surface area contributed by atoms with Crippen LogP contribution >= 0.6 is 0 Å². The standard InChI is InChI=1S/C19H19N3O/c1-2-4-17(5-3-1)23-18-8-6-15(7-9-18)19-11-13-22(21-19)16-10-12-20-14-16/h1-9,11,13,16,20H,10,12,14H2. The van der Waals surface area contributed by atoms with Crippen LogP contribution in [0.4, 0.5) is 0 Å². The van der Waals surface area contributed by atoms with Gasteiger partial charge in [0.1, 0.15) is 11.5 Å². The molecule has 0 bridgehead atoms. The molecular formula is C19H19N3O. The zero-order chi connectivity index (χ0) is 15.5. The van der Waals surface area contributed by atoms with E-state index < -0.39 is 0 Å². The summed E-state index contributed by atoms with van der Waals surface area (Å²) in [4.78, 5) is 0. The zero-order valence-corrected chi connectivity index (χ0v) is 12.9. The summed E-state index contributed by atoms with van der Waals surface area (Å²) in [7, 11) is 0. The normalized spacial score (nSPS) is 17.3. The van der Waals surface area contributed by atoms with E-state index in [2.05, 4.69) is 34.4 Å². The van der Waals surface area contributed by atoms with Crippen LogP contribution in [-0.4, -0.2) is 22.9 Å². The Balaban J connectivity index is 1.49. The summed E-state index contributed by atoms with van der Waals surface area (Å²) in [6, 6.07) is 20.4. The van der Waals surface area contributed by atoms with Gasteiger partial charge in [0.05, 0.1) is 11.7 Å². The Morgan fingerprint density at radius 3 is 2.48 bits per heavy atom. The van der Waals surface area contributed by atoms with E-state index in [1.165, 1.54) is 0 Å². The third-order valence-corrected chi connectivity index (χ3v) is 4.15. The average molecular weight is 305 g/mol. The second-order valence-electron chi connectivity index (χ2n) is 5.77. The maximum Gasteiger partial charge on any atom is 0.127 e. The molecule has 1 atom stereocenters. The zero-order valence-electron chi connectivity index (χ0n) is 12.9. The second-order valence-corrected chi connectivity index (χ2v) is 5.77. The molecule has 3 aromatic rings. The monoisotopic (exact) mass is 305 g/mol. The second kappa shape index (κ2) is 6.26. The molecule has 2 aromatic carbocycles. The SMILES string of the molecule is c1ccc(Oc2ccc(-c3ccn(C4CCNC4)n3)cc2)cc1. The van der Waals surface area contributed by atoms with Gasteiger partial charge in [-0.15, -0.1) is 0 Å². The highest BCUT2D eigenvalue weighted by Crippen LogP contribution is 2.25. The smallest absolute Gasteiger partial charge is 0.127 e. The van der Waals surface area contributed by atoms with Crippen LogP contribution in [0, 0.1) is 0 Å². The van der Waals surface area contributed by atoms with Crippen molar-refractivity contribution >= 4 is 0 Å². The van der Waals surface area contributed by atoms with Crippen molar-refractivity contribution in [2.24, 2.45) is 0 Å². The van der Waals surface area contributed by atoms with Crippen molar-refractivity contribution in [2.75, 3.05) is 13.1 Å². The molecule has 1 unspecified atom stereocenters. The van der Waals surface area contributed by atoms with E-state index >= 15 is 0 Å². The van der Waals surface area contributed by atoms with E-state index in [9.17, 15) is 0 Å². The molecule has 1 aromatic heterocycles. The van der Waals surface area contributed by atoms with Gasteiger partial charge in [-0.05, 0) is 55.4 Å². The van der Waals surface area contributed by atoms with Crippen molar-refractivity contribution in [1.82, 2.24) is 15.1 Å². The molecule has 4 heteroatoms. The number of hydrogen-bond acceptors (Lipinski definition) is 3. The fourth-order valence-electron chi connectivity index (χ4n) is 2.88. The molecular weight excluding hydrogens is 286 g/mol. The highest BCUT2D eigenvalue weighted by molar-refractivity contribution is 5.59. The Labute approximate surface area is 135 Å². The van der Waals surface area contributed by atoms with Crippen LogP contribution in [0.1, 0.15) is 12.5 Å². The fourth-order valence-corrected chi connectivity index (χ4v) is 2.88. The van der Waals surface area contributed by atoms with Crippen LogP contribution in [0.2, 0.25) is 0 Å². The van der Waals surface area contributed by atoms with Crippen LogP contribution in [0.15, 0.2) is 66.9 Å². The number of aromatic nitrogens is 2. The first-order valence-corrected chi connectivity index (χ1v) is 7.98. The molecule has 1 saturated heterocycles. The van der Waals surface area contributed by atoms with Crippen molar-refractivity contribution in [3.05, 3.63) is 66.9 Å². The molecule has 4 nitrogen and oxygen atoms in total. The Hall–Kier alpha value is -2.59. The lowest BCUT2D eigenvalue weighted by Crippen LogP contribution is -2.13. The molecule has 1 aliphatic heterocycles. The highest BCUT2D eigenvalue weighted by Gasteiger charge is 2.17. The molecule has 2 heterocycles. The van der Waals surface area contributed by atoms with Crippen LogP contribution in [0.3, 0.4) is 0 Å². The first-order chi connectivity index (χ1) is 11.4. The lowest BCUT2D eigenvalue weighted by Gasteiger charge is -2.08. The first kappa shape index (κ1) is 14.0. The number of rotatable bonds is 4. The van der Waals surface area contributed by atoms with E-state index in [4.69, 9.17) is 9.84 Å². The highest BCUT2D eigenvalue weighted by atomic mass is 16.5. The van der Waals surface area contributed by atoms with Crippen LogP contribution in [0.5, 0.6) is 11.5 Å². The number of nitrogens with zero attached hydrogens (tertiary/aromatic N) is 2. The molecule has 1 fully saturated rings. The van der Waals surface area contributed by atoms with Gasteiger partial charge >= 0.3 is 0 Å². The van der Waals surface area contributed by atoms with Crippen LogP contribution in [0.25, 0.3) is 11.3 Å². The van der Waals surface area contributed by atoms with E-state index in [0.29, 0.717) is 6.04 Å². The molecule has 0 radical (unpaired) electrons. The average Bonchev–Trinajstić information content (AvgIpc) is 3.28.